The average Bonchev–Trinajstić information content (AvgIpc) is 2.17. The molecule has 4 nitrogen and oxygen atoms in total. The van der Waals surface area contributed by atoms with Gasteiger partial charge in [0.2, 0.25) is 5.91 Å². The first-order valence-electron chi connectivity index (χ1n) is 4.30. The number of hydrogen-bond acceptors (Lipinski definition) is 3. The summed E-state index contributed by atoms with van der Waals surface area (Å²) in [6.07, 6.45) is 4.19. The fourth-order valence-corrected chi connectivity index (χ4v) is 1.54. The summed E-state index contributed by atoms with van der Waals surface area (Å²) in [4.78, 5) is 21.0. The van der Waals surface area contributed by atoms with Gasteiger partial charge in [-0.15, -0.1) is 0 Å². The predicted molar refractivity (Wildman–Crippen MR) is 46.8 cm³/mol. The molecule has 0 saturated heterocycles. The zero-order valence-corrected chi connectivity index (χ0v) is 7.53. The first-order chi connectivity index (χ1) is 6.27. The van der Waals surface area contributed by atoms with E-state index in [1.54, 1.807) is 19.4 Å². The van der Waals surface area contributed by atoms with Crippen molar-refractivity contribution in [2.75, 3.05) is 6.54 Å². The molecular formula is C9H11N3O. The second kappa shape index (κ2) is 3.12. The Hall–Kier alpha value is -1.45. The third-order valence-electron chi connectivity index (χ3n) is 2.31. The van der Waals surface area contributed by atoms with Gasteiger partial charge in [-0.2, -0.15) is 0 Å². The number of hydrogen-bond donors (Lipinski definition) is 0. The molecule has 0 aromatic carbocycles. The summed E-state index contributed by atoms with van der Waals surface area (Å²) >= 11 is 0. The maximum Gasteiger partial charge on any atom is 0.219 e. The lowest BCUT2D eigenvalue weighted by Crippen LogP contribution is -2.34. The standard InChI is InChI=1S/C9H11N3O/c1-7(13)12-3-2-9-8(5-12)4-10-6-11-9/h4,6H,2-3,5H2,1H3. The van der Waals surface area contributed by atoms with Gasteiger partial charge in [0.15, 0.2) is 0 Å². The summed E-state index contributed by atoms with van der Waals surface area (Å²) in [5.41, 5.74) is 2.15. The molecule has 0 radical (unpaired) electrons. The molecule has 4 heteroatoms. The van der Waals surface area contributed by atoms with Gasteiger partial charge in [-0.1, -0.05) is 0 Å². The quantitative estimate of drug-likeness (QED) is 0.575. The second-order valence-corrected chi connectivity index (χ2v) is 3.19. The van der Waals surface area contributed by atoms with Crippen LogP contribution in [-0.4, -0.2) is 27.3 Å². The molecule has 1 aromatic rings. The summed E-state index contributed by atoms with van der Waals surface area (Å²) in [6, 6.07) is 0. The Morgan fingerprint density at radius 1 is 1.62 bits per heavy atom. The fourth-order valence-electron chi connectivity index (χ4n) is 1.54. The van der Waals surface area contributed by atoms with E-state index >= 15 is 0 Å². The Morgan fingerprint density at radius 3 is 3.23 bits per heavy atom. The minimum absolute atomic E-state index is 0.120. The first kappa shape index (κ1) is 8.16. The summed E-state index contributed by atoms with van der Waals surface area (Å²) < 4.78 is 0. The van der Waals surface area contributed by atoms with Crippen LogP contribution in [0.25, 0.3) is 0 Å². The van der Waals surface area contributed by atoms with Crippen molar-refractivity contribution in [3.63, 3.8) is 0 Å². The van der Waals surface area contributed by atoms with Crippen LogP contribution in [0.4, 0.5) is 0 Å². The second-order valence-electron chi connectivity index (χ2n) is 3.19. The molecule has 1 aliphatic rings. The normalized spacial score (nSPS) is 15.3. The van der Waals surface area contributed by atoms with Gasteiger partial charge >= 0.3 is 0 Å². The lowest BCUT2D eigenvalue weighted by molar-refractivity contribution is -0.129. The number of fused-ring (bicyclic) bond motifs is 1. The van der Waals surface area contributed by atoms with Crippen molar-refractivity contribution in [3.05, 3.63) is 23.8 Å². The monoisotopic (exact) mass is 177 g/mol. The van der Waals surface area contributed by atoms with E-state index in [0.717, 1.165) is 24.2 Å². The average molecular weight is 177 g/mol. The smallest absolute Gasteiger partial charge is 0.219 e. The highest BCUT2D eigenvalue weighted by molar-refractivity contribution is 5.73. The molecule has 13 heavy (non-hydrogen) atoms. The Morgan fingerprint density at radius 2 is 2.46 bits per heavy atom. The van der Waals surface area contributed by atoms with Crippen LogP contribution in [0.5, 0.6) is 0 Å². The molecule has 0 N–H and O–H groups in total. The van der Waals surface area contributed by atoms with Crippen LogP contribution in [0.1, 0.15) is 18.2 Å². The highest BCUT2D eigenvalue weighted by atomic mass is 16.2. The topological polar surface area (TPSA) is 46.1 Å². The van der Waals surface area contributed by atoms with E-state index in [1.165, 1.54) is 0 Å². The third-order valence-corrected chi connectivity index (χ3v) is 2.31. The van der Waals surface area contributed by atoms with Crippen LogP contribution in [0.3, 0.4) is 0 Å². The van der Waals surface area contributed by atoms with Gasteiger partial charge in [-0.25, -0.2) is 9.97 Å². The number of amides is 1. The number of carbonyl (C=O) groups is 1. The molecular weight excluding hydrogens is 166 g/mol. The minimum atomic E-state index is 0.120. The van der Waals surface area contributed by atoms with Crippen LogP contribution < -0.4 is 0 Å². The first-order valence-corrected chi connectivity index (χ1v) is 4.30. The SMILES string of the molecule is CC(=O)N1CCc2ncncc2C1. The van der Waals surface area contributed by atoms with Crippen molar-refractivity contribution in [2.24, 2.45) is 0 Å². The van der Waals surface area contributed by atoms with Crippen molar-refractivity contribution in [1.82, 2.24) is 14.9 Å². The van der Waals surface area contributed by atoms with E-state index < -0.39 is 0 Å². The molecule has 2 rings (SSSR count). The Balaban J connectivity index is 2.24. The molecule has 1 amide bonds. The maximum atomic E-state index is 11.1. The lowest BCUT2D eigenvalue weighted by Gasteiger charge is -2.26. The minimum Gasteiger partial charge on any atom is -0.338 e. The van der Waals surface area contributed by atoms with Crippen molar-refractivity contribution in [2.45, 2.75) is 19.9 Å². The third kappa shape index (κ3) is 1.52. The molecule has 0 atom stereocenters. The molecule has 2 heterocycles. The van der Waals surface area contributed by atoms with Crippen LogP contribution in [0.2, 0.25) is 0 Å². The van der Waals surface area contributed by atoms with Gasteiger partial charge in [-0.3, -0.25) is 4.79 Å². The van der Waals surface area contributed by atoms with Gasteiger partial charge in [0.05, 0.1) is 5.69 Å². The Labute approximate surface area is 76.6 Å². The van der Waals surface area contributed by atoms with E-state index in [2.05, 4.69) is 9.97 Å². The summed E-state index contributed by atoms with van der Waals surface area (Å²) in [7, 11) is 0. The van der Waals surface area contributed by atoms with E-state index in [4.69, 9.17) is 0 Å². The summed E-state index contributed by atoms with van der Waals surface area (Å²) in [5.74, 6) is 0.120. The number of carbonyl (C=O) groups excluding carboxylic acids is 1. The molecule has 1 aliphatic heterocycles. The molecule has 68 valence electrons. The number of nitrogens with zero attached hydrogens (tertiary/aromatic N) is 3. The maximum absolute atomic E-state index is 11.1. The molecule has 0 bridgehead atoms. The predicted octanol–water partition coefficient (Wildman–Crippen LogP) is 0.381. The van der Waals surface area contributed by atoms with Crippen LogP contribution in [0.15, 0.2) is 12.5 Å². The van der Waals surface area contributed by atoms with E-state index in [0.29, 0.717) is 6.54 Å². The largest absolute Gasteiger partial charge is 0.338 e. The fraction of sp³-hybridized carbons (Fsp3) is 0.444. The molecule has 0 spiro atoms. The number of rotatable bonds is 0. The molecule has 0 aliphatic carbocycles. The van der Waals surface area contributed by atoms with E-state index in [9.17, 15) is 4.79 Å². The van der Waals surface area contributed by atoms with E-state index in [1.807, 2.05) is 4.90 Å². The molecule has 0 unspecified atom stereocenters. The van der Waals surface area contributed by atoms with Crippen molar-refractivity contribution in [3.8, 4) is 0 Å². The highest BCUT2D eigenvalue weighted by Gasteiger charge is 2.18. The summed E-state index contributed by atoms with van der Waals surface area (Å²) in [5, 5.41) is 0. The zero-order valence-electron chi connectivity index (χ0n) is 7.53. The number of aromatic nitrogens is 2. The van der Waals surface area contributed by atoms with Gasteiger partial charge in [0.1, 0.15) is 6.33 Å². The van der Waals surface area contributed by atoms with Gasteiger partial charge < -0.3 is 4.90 Å². The van der Waals surface area contributed by atoms with Crippen molar-refractivity contribution < 1.29 is 4.79 Å². The van der Waals surface area contributed by atoms with Gasteiger partial charge in [0.25, 0.3) is 0 Å². The van der Waals surface area contributed by atoms with Crippen LogP contribution in [-0.2, 0) is 17.8 Å². The van der Waals surface area contributed by atoms with Crippen molar-refractivity contribution >= 4 is 5.91 Å². The van der Waals surface area contributed by atoms with Crippen LogP contribution in [0, 0.1) is 0 Å². The lowest BCUT2D eigenvalue weighted by atomic mass is 10.1. The van der Waals surface area contributed by atoms with E-state index in [-0.39, 0.29) is 5.91 Å². The Kier molecular flexibility index (Phi) is 1.96. The molecule has 1 aromatic heterocycles. The zero-order chi connectivity index (χ0) is 9.26. The molecule has 0 fully saturated rings. The Bertz CT molecular complexity index is 337. The molecule has 0 saturated carbocycles. The highest BCUT2D eigenvalue weighted by Crippen LogP contribution is 2.14. The van der Waals surface area contributed by atoms with Crippen LogP contribution >= 0.6 is 0 Å². The van der Waals surface area contributed by atoms with Gasteiger partial charge in [0, 0.05) is 38.2 Å². The van der Waals surface area contributed by atoms with Crippen molar-refractivity contribution in [1.29, 1.82) is 0 Å². The van der Waals surface area contributed by atoms with Gasteiger partial charge in [-0.05, 0) is 0 Å². The summed E-state index contributed by atoms with van der Waals surface area (Å²) in [6.45, 7) is 3.03.